The summed E-state index contributed by atoms with van der Waals surface area (Å²) in [6.45, 7) is 5.70. The molecule has 5 heteroatoms. The Bertz CT molecular complexity index is 229. The summed E-state index contributed by atoms with van der Waals surface area (Å²) in [6, 6.07) is 0. The minimum absolute atomic E-state index is 0.0373. The molecule has 0 aromatic rings. The van der Waals surface area contributed by atoms with Gasteiger partial charge in [-0.1, -0.05) is 48.7 Å². The fraction of sp³-hybridized carbons (Fsp3) is 0.667. The van der Waals surface area contributed by atoms with Crippen LogP contribution in [0.3, 0.4) is 0 Å². The van der Waals surface area contributed by atoms with Gasteiger partial charge in [0.1, 0.15) is 0 Å². The number of halogens is 3. The van der Waals surface area contributed by atoms with E-state index in [2.05, 4.69) is 0 Å². The van der Waals surface area contributed by atoms with Crippen LogP contribution in [0.1, 0.15) is 20.8 Å². The van der Waals surface area contributed by atoms with Crippen LogP contribution >= 0.6 is 34.8 Å². The van der Waals surface area contributed by atoms with Crippen LogP contribution in [0.15, 0.2) is 11.6 Å². The van der Waals surface area contributed by atoms with Gasteiger partial charge in [-0.05, 0) is 18.9 Å². The van der Waals surface area contributed by atoms with Gasteiger partial charge < -0.3 is 4.74 Å². The van der Waals surface area contributed by atoms with Gasteiger partial charge in [0, 0.05) is 5.57 Å². The van der Waals surface area contributed by atoms with Gasteiger partial charge in [-0.2, -0.15) is 0 Å². The second-order valence-electron chi connectivity index (χ2n) is 3.02. The van der Waals surface area contributed by atoms with Gasteiger partial charge in [0.05, 0.1) is 6.61 Å². The third-order valence-electron chi connectivity index (χ3n) is 1.45. The molecule has 0 spiro atoms. The third-order valence-corrected chi connectivity index (χ3v) is 1.78. The zero-order chi connectivity index (χ0) is 11.4. The smallest absolute Gasteiger partial charge is 0.334 e. The molecule has 0 heterocycles. The van der Waals surface area contributed by atoms with Crippen molar-refractivity contribution >= 4 is 40.8 Å². The molecule has 0 bridgehead atoms. The van der Waals surface area contributed by atoms with Crippen LogP contribution < -0.4 is 0 Å². The molecule has 0 N–H and O–H groups in total. The van der Waals surface area contributed by atoms with E-state index in [0.29, 0.717) is 12.2 Å². The van der Waals surface area contributed by atoms with E-state index in [0.717, 1.165) is 0 Å². The number of ether oxygens (including phenoxy) is 1. The quantitative estimate of drug-likeness (QED) is 0.440. The molecule has 0 saturated heterocycles. The average molecular weight is 260 g/mol. The first-order valence-electron chi connectivity index (χ1n) is 4.24. The summed E-state index contributed by atoms with van der Waals surface area (Å²) in [7, 11) is 0. The van der Waals surface area contributed by atoms with Crippen molar-refractivity contribution < 1.29 is 9.53 Å². The first-order chi connectivity index (χ1) is 6.28. The van der Waals surface area contributed by atoms with E-state index in [1.54, 1.807) is 6.92 Å². The van der Waals surface area contributed by atoms with E-state index in [-0.39, 0.29) is 5.92 Å². The Labute approximate surface area is 99.2 Å². The lowest BCUT2D eigenvalue weighted by Gasteiger charge is -2.13. The number of allylic oxidation sites excluding steroid dienone is 1. The van der Waals surface area contributed by atoms with E-state index in [4.69, 9.17) is 39.5 Å². The monoisotopic (exact) mass is 258 g/mol. The van der Waals surface area contributed by atoms with Gasteiger partial charge in [-0.3, -0.25) is 0 Å². The standard InChI is InChI=1S/C9H13Cl3O2/c1-4-14-8(13)7(6(2)3)5-9(10,11)12/h5-6H,4H2,1-3H3. The summed E-state index contributed by atoms with van der Waals surface area (Å²) >= 11 is 16.7. The summed E-state index contributed by atoms with van der Waals surface area (Å²) in [5.74, 6) is -0.474. The van der Waals surface area contributed by atoms with Crippen molar-refractivity contribution in [2.75, 3.05) is 6.61 Å². The Morgan fingerprint density at radius 1 is 1.43 bits per heavy atom. The van der Waals surface area contributed by atoms with Crippen molar-refractivity contribution in [1.82, 2.24) is 0 Å². The number of carbonyl (C=O) groups is 1. The predicted octanol–water partition coefficient (Wildman–Crippen LogP) is 3.50. The maximum Gasteiger partial charge on any atom is 0.334 e. The van der Waals surface area contributed by atoms with E-state index < -0.39 is 9.76 Å². The van der Waals surface area contributed by atoms with Crippen molar-refractivity contribution in [2.24, 2.45) is 5.92 Å². The fourth-order valence-corrected chi connectivity index (χ4v) is 1.20. The zero-order valence-electron chi connectivity index (χ0n) is 8.31. The topological polar surface area (TPSA) is 26.3 Å². The lowest BCUT2D eigenvalue weighted by molar-refractivity contribution is -0.139. The molecular formula is C9H13Cl3O2. The molecule has 0 amide bonds. The van der Waals surface area contributed by atoms with Crippen LogP contribution in [0.25, 0.3) is 0 Å². The van der Waals surface area contributed by atoms with Crippen LogP contribution in [0.5, 0.6) is 0 Å². The second kappa shape index (κ2) is 5.84. The van der Waals surface area contributed by atoms with Crippen molar-refractivity contribution in [3.05, 3.63) is 11.6 Å². The SMILES string of the molecule is CCOC(=O)C(=CC(Cl)(Cl)Cl)C(C)C. The fourth-order valence-electron chi connectivity index (χ4n) is 0.852. The highest BCUT2D eigenvalue weighted by atomic mass is 35.6. The first kappa shape index (κ1) is 14.1. The van der Waals surface area contributed by atoms with Gasteiger partial charge in [0.2, 0.25) is 3.79 Å². The van der Waals surface area contributed by atoms with E-state index in [1.807, 2.05) is 13.8 Å². The minimum Gasteiger partial charge on any atom is -0.463 e. The molecule has 0 aromatic heterocycles. The molecular weight excluding hydrogens is 246 g/mol. The summed E-state index contributed by atoms with van der Waals surface area (Å²) in [6.07, 6.45) is 1.29. The molecule has 82 valence electrons. The van der Waals surface area contributed by atoms with Crippen molar-refractivity contribution in [3.8, 4) is 0 Å². The Hall–Kier alpha value is 0.0800. The number of hydrogen-bond donors (Lipinski definition) is 0. The zero-order valence-corrected chi connectivity index (χ0v) is 10.6. The maximum atomic E-state index is 11.4. The number of alkyl halides is 3. The first-order valence-corrected chi connectivity index (χ1v) is 5.38. The van der Waals surface area contributed by atoms with E-state index >= 15 is 0 Å². The van der Waals surface area contributed by atoms with E-state index in [9.17, 15) is 4.79 Å². The molecule has 14 heavy (non-hydrogen) atoms. The molecule has 0 unspecified atom stereocenters. The molecule has 0 atom stereocenters. The minimum atomic E-state index is -1.56. The van der Waals surface area contributed by atoms with Crippen LogP contribution in [-0.2, 0) is 9.53 Å². The summed E-state index contributed by atoms with van der Waals surface area (Å²) in [5.41, 5.74) is 0.381. The highest BCUT2D eigenvalue weighted by Crippen LogP contribution is 2.30. The Morgan fingerprint density at radius 2 is 1.93 bits per heavy atom. The summed E-state index contributed by atoms with van der Waals surface area (Å²) in [4.78, 5) is 11.4. The lowest BCUT2D eigenvalue weighted by Crippen LogP contribution is -2.15. The largest absolute Gasteiger partial charge is 0.463 e. The number of hydrogen-bond acceptors (Lipinski definition) is 2. The van der Waals surface area contributed by atoms with Gasteiger partial charge in [0.25, 0.3) is 0 Å². The maximum absolute atomic E-state index is 11.4. The number of esters is 1. The van der Waals surface area contributed by atoms with Crippen LogP contribution in [-0.4, -0.2) is 16.4 Å². The Balaban J connectivity index is 4.78. The number of carbonyl (C=O) groups excluding carboxylic acids is 1. The summed E-state index contributed by atoms with van der Waals surface area (Å²) in [5, 5.41) is 0. The summed E-state index contributed by atoms with van der Waals surface area (Å²) < 4.78 is 3.26. The average Bonchev–Trinajstić information content (AvgIpc) is 1.98. The van der Waals surface area contributed by atoms with Crippen LogP contribution in [0.4, 0.5) is 0 Å². The molecule has 0 saturated carbocycles. The Morgan fingerprint density at radius 3 is 2.21 bits per heavy atom. The third kappa shape index (κ3) is 5.74. The molecule has 0 fully saturated rings. The van der Waals surface area contributed by atoms with Gasteiger partial charge in [0.15, 0.2) is 0 Å². The molecule has 0 aromatic carbocycles. The second-order valence-corrected chi connectivity index (χ2v) is 5.39. The van der Waals surface area contributed by atoms with Crippen molar-refractivity contribution in [3.63, 3.8) is 0 Å². The highest BCUT2D eigenvalue weighted by Gasteiger charge is 2.23. The molecule has 0 aliphatic heterocycles. The lowest BCUT2D eigenvalue weighted by atomic mass is 10.0. The van der Waals surface area contributed by atoms with Gasteiger partial charge in [-0.25, -0.2) is 4.79 Å². The van der Waals surface area contributed by atoms with Crippen molar-refractivity contribution in [1.29, 1.82) is 0 Å². The highest BCUT2D eigenvalue weighted by molar-refractivity contribution is 6.69. The molecule has 0 rings (SSSR count). The van der Waals surface area contributed by atoms with Gasteiger partial charge in [-0.15, -0.1) is 0 Å². The van der Waals surface area contributed by atoms with Gasteiger partial charge >= 0.3 is 5.97 Å². The molecule has 2 nitrogen and oxygen atoms in total. The molecule has 0 aliphatic carbocycles. The molecule has 0 radical (unpaired) electrons. The van der Waals surface area contributed by atoms with E-state index in [1.165, 1.54) is 6.08 Å². The molecule has 0 aliphatic rings. The number of rotatable bonds is 3. The Kier molecular flexibility index (Phi) is 5.87. The normalized spacial score (nSPS) is 13.2. The van der Waals surface area contributed by atoms with Crippen molar-refractivity contribution in [2.45, 2.75) is 24.6 Å². The van der Waals surface area contributed by atoms with Crippen LogP contribution in [0, 0.1) is 5.92 Å². The van der Waals surface area contributed by atoms with Crippen LogP contribution in [0.2, 0.25) is 0 Å². The predicted molar refractivity (Wildman–Crippen MR) is 59.8 cm³/mol.